The lowest BCUT2D eigenvalue weighted by molar-refractivity contribution is -0.143. The molecule has 1 rings (SSSR count). The van der Waals surface area contributed by atoms with Crippen LogP contribution in [0.15, 0.2) is 36.9 Å². The summed E-state index contributed by atoms with van der Waals surface area (Å²) >= 11 is 0. The fourth-order valence-electron chi connectivity index (χ4n) is 2.26. The van der Waals surface area contributed by atoms with Crippen molar-refractivity contribution in [3.63, 3.8) is 0 Å². The average Bonchev–Trinajstić information content (AvgIpc) is 2.52. The summed E-state index contributed by atoms with van der Waals surface area (Å²) < 4.78 is 5.12. The maximum Gasteiger partial charge on any atom is 0.328 e. The number of carbonyl (C=O) groups is 2. The molecule has 1 aromatic carbocycles. The third kappa shape index (κ3) is 6.65. The standard InChI is InChI=1S/C18H25NO4/c1-4-10-23-12-16(18(21)22)19-17(20)11-14(5-2)15-8-6-13(3)7-9-15/h4,6-9,14,16H,1,5,10-12H2,2-3H3,(H,19,20)(H,21,22). The number of ether oxygens (including phenoxy) is 1. The summed E-state index contributed by atoms with van der Waals surface area (Å²) in [5, 5.41) is 11.7. The molecule has 2 N–H and O–H groups in total. The van der Waals surface area contributed by atoms with Gasteiger partial charge in [0.05, 0.1) is 13.2 Å². The second-order valence-corrected chi connectivity index (χ2v) is 5.50. The van der Waals surface area contributed by atoms with Crippen molar-refractivity contribution in [1.82, 2.24) is 5.32 Å². The van der Waals surface area contributed by atoms with E-state index in [0.717, 1.165) is 12.0 Å². The number of nitrogens with one attached hydrogen (secondary N) is 1. The van der Waals surface area contributed by atoms with Gasteiger partial charge in [0.15, 0.2) is 6.04 Å². The van der Waals surface area contributed by atoms with Gasteiger partial charge < -0.3 is 15.2 Å². The van der Waals surface area contributed by atoms with Gasteiger partial charge >= 0.3 is 5.97 Å². The topological polar surface area (TPSA) is 75.6 Å². The fourth-order valence-corrected chi connectivity index (χ4v) is 2.26. The minimum Gasteiger partial charge on any atom is -0.480 e. The molecule has 1 aromatic rings. The van der Waals surface area contributed by atoms with E-state index in [2.05, 4.69) is 11.9 Å². The van der Waals surface area contributed by atoms with Crippen molar-refractivity contribution >= 4 is 11.9 Å². The Balaban J connectivity index is 2.62. The molecule has 0 aromatic heterocycles. The molecule has 0 bridgehead atoms. The molecule has 2 atom stereocenters. The Bertz CT molecular complexity index is 524. The van der Waals surface area contributed by atoms with E-state index in [1.54, 1.807) is 0 Å². The molecule has 0 aliphatic carbocycles. The summed E-state index contributed by atoms with van der Waals surface area (Å²) in [5.41, 5.74) is 2.25. The number of aliphatic carboxylic acids is 1. The lowest BCUT2D eigenvalue weighted by Crippen LogP contribution is -2.44. The largest absolute Gasteiger partial charge is 0.480 e. The molecule has 1 amide bonds. The smallest absolute Gasteiger partial charge is 0.328 e. The summed E-state index contributed by atoms with van der Waals surface area (Å²) in [6, 6.07) is 7.01. The van der Waals surface area contributed by atoms with Crippen molar-refractivity contribution in [1.29, 1.82) is 0 Å². The number of hydrogen-bond acceptors (Lipinski definition) is 3. The van der Waals surface area contributed by atoms with Gasteiger partial charge in [-0.15, -0.1) is 6.58 Å². The van der Waals surface area contributed by atoms with Gasteiger partial charge in [-0.25, -0.2) is 4.79 Å². The quantitative estimate of drug-likeness (QED) is 0.513. The summed E-state index contributed by atoms with van der Waals surface area (Å²) in [7, 11) is 0. The first-order valence-electron chi connectivity index (χ1n) is 7.75. The van der Waals surface area contributed by atoms with Crippen molar-refractivity contribution in [3.8, 4) is 0 Å². The van der Waals surface area contributed by atoms with Crippen molar-refractivity contribution in [3.05, 3.63) is 48.0 Å². The van der Waals surface area contributed by atoms with Gasteiger partial charge in [0, 0.05) is 6.42 Å². The zero-order valence-corrected chi connectivity index (χ0v) is 13.7. The number of aryl methyl sites for hydroxylation is 1. The minimum atomic E-state index is -1.11. The minimum absolute atomic E-state index is 0.0686. The molecule has 0 radical (unpaired) electrons. The summed E-state index contributed by atoms with van der Waals surface area (Å²) in [6.45, 7) is 7.69. The molecule has 0 fully saturated rings. The van der Waals surface area contributed by atoms with Crippen LogP contribution in [0.5, 0.6) is 0 Å². The molecule has 2 unspecified atom stereocenters. The van der Waals surface area contributed by atoms with E-state index in [1.165, 1.54) is 11.6 Å². The van der Waals surface area contributed by atoms with Gasteiger partial charge in [0.1, 0.15) is 0 Å². The van der Waals surface area contributed by atoms with Gasteiger partial charge in [-0.2, -0.15) is 0 Å². The highest BCUT2D eigenvalue weighted by molar-refractivity contribution is 5.84. The van der Waals surface area contributed by atoms with Crippen LogP contribution in [0, 0.1) is 6.92 Å². The maximum atomic E-state index is 12.2. The van der Waals surface area contributed by atoms with E-state index in [0.29, 0.717) is 0 Å². The predicted octanol–water partition coefficient (Wildman–Crippen LogP) is 2.65. The zero-order chi connectivity index (χ0) is 17.2. The van der Waals surface area contributed by atoms with Crippen LogP contribution in [0.3, 0.4) is 0 Å². The first kappa shape index (κ1) is 18.9. The van der Waals surface area contributed by atoms with Crippen molar-refractivity contribution in [2.45, 2.75) is 38.6 Å². The molecule has 0 aliphatic rings. The molecule has 5 nitrogen and oxygen atoms in total. The number of hydrogen-bond donors (Lipinski definition) is 2. The molecule has 0 aliphatic heterocycles. The number of carboxylic acids is 1. The van der Waals surface area contributed by atoms with Crippen molar-refractivity contribution in [2.75, 3.05) is 13.2 Å². The van der Waals surface area contributed by atoms with Crippen LogP contribution in [-0.2, 0) is 14.3 Å². The van der Waals surface area contributed by atoms with Gasteiger partial charge in [-0.1, -0.05) is 42.8 Å². The Morgan fingerprint density at radius 3 is 2.52 bits per heavy atom. The second-order valence-electron chi connectivity index (χ2n) is 5.50. The average molecular weight is 319 g/mol. The van der Waals surface area contributed by atoms with Crippen LogP contribution < -0.4 is 5.32 Å². The van der Waals surface area contributed by atoms with Gasteiger partial charge in [0.2, 0.25) is 5.91 Å². The van der Waals surface area contributed by atoms with Crippen LogP contribution in [0.2, 0.25) is 0 Å². The van der Waals surface area contributed by atoms with E-state index in [-0.39, 0.29) is 31.5 Å². The van der Waals surface area contributed by atoms with E-state index >= 15 is 0 Å². The first-order valence-corrected chi connectivity index (χ1v) is 7.75. The molecule has 0 spiro atoms. The molecule has 0 saturated heterocycles. The van der Waals surface area contributed by atoms with E-state index in [1.807, 2.05) is 38.1 Å². The highest BCUT2D eigenvalue weighted by Crippen LogP contribution is 2.23. The van der Waals surface area contributed by atoms with Gasteiger partial charge in [-0.3, -0.25) is 4.79 Å². The molecule has 23 heavy (non-hydrogen) atoms. The monoisotopic (exact) mass is 319 g/mol. The number of rotatable bonds is 10. The number of carbonyl (C=O) groups excluding carboxylic acids is 1. The Labute approximate surface area is 137 Å². The number of benzene rings is 1. The Morgan fingerprint density at radius 1 is 1.35 bits per heavy atom. The summed E-state index contributed by atoms with van der Waals surface area (Å²) in [5.74, 6) is -1.32. The normalized spacial score (nSPS) is 13.1. The Kier molecular flexibility index (Phi) is 8.05. The van der Waals surface area contributed by atoms with Crippen LogP contribution in [0.1, 0.15) is 36.8 Å². The zero-order valence-electron chi connectivity index (χ0n) is 13.7. The number of carboxylic acid groups (broad SMARTS) is 1. The number of amides is 1. The maximum absolute atomic E-state index is 12.2. The van der Waals surface area contributed by atoms with Crippen LogP contribution in [-0.4, -0.2) is 36.2 Å². The first-order chi connectivity index (χ1) is 11.0. The highest BCUT2D eigenvalue weighted by Gasteiger charge is 2.22. The van der Waals surface area contributed by atoms with E-state index < -0.39 is 12.0 Å². The van der Waals surface area contributed by atoms with Crippen molar-refractivity contribution in [2.24, 2.45) is 0 Å². The van der Waals surface area contributed by atoms with Gasteiger partial charge in [-0.05, 0) is 24.8 Å². The van der Waals surface area contributed by atoms with Crippen LogP contribution in [0.25, 0.3) is 0 Å². The van der Waals surface area contributed by atoms with Crippen molar-refractivity contribution < 1.29 is 19.4 Å². The van der Waals surface area contributed by atoms with Crippen LogP contribution in [0.4, 0.5) is 0 Å². The molecule has 126 valence electrons. The SMILES string of the molecule is C=CCOCC(NC(=O)CC(CC)c1ccc(C)cc1)C(=O)O. The van der Waals surface area contributed by atoms with E-state index in [9.17, 15) is 9.59 Å². The summed E-state index contributed by atoms with van der Waals surface area (Å²) in [6.07, 6.45) is 2.59. The molecule has 0 heterocycles. The lowest BCUT2D eigenvalue weighted by Gasteiger charge is -2.18. The lowest BCUT2D eigenvalue weighted by atomic mass is 9.92. The Morgan fingerprint density at radius 2 is 2.00 bits per heavy atom. The Hall–Kier alpha value is -2.14. The molecule has 0 saturated carbocycles. The third-order valence-corrected chi connectivity index (χ3v) is 3.63. The molecule has 5 heteroatoms. The molecular weight excluding hydrogens is 294 g/mol. The third-order valence-electron chi connectivity index (χ3n) is 3.63. The van der Waals surface area contributed by atoms with E-state index in [4.69, 9.17) is 9.84 Å². The highest BCUT2D eigenvalue weighted by atomic mass is 16.5. The summed E-state index contributed by atoms with van der Waals surface area (Å²) in [4.78, 5) is 23.3. The second kappa shape index (κ2) is 9.79. The predicted molar refractivity (Wildman–Crippen MR) is 89.4 cm³/mol. The van der Waals surface area contributed by atoms with Crippen LogP contribution >= 0.6 is 0 Å². The fraction of sp³-hybridized carbons (Fsp3) is 0.444. The molecular formula is C18H25NO4. The van der Waals surface area contributed by atoms with Gasteiger partial charge in [0.25, 0.3) is 0 Å².